The largest absolute Gasteiger partial charge is 0.355 e. The van der Waals surface area contributed by atoms with Gasteiger partial charge in [0.15, 0.2) is 17.0 Å². The van der Waals surface area contributed by atoms with Crippen molar-refractivity contribution in [2.24, 2.45) is 0 Å². The number of rotatable bonds is 2. The maximum Gasteiger partial charge on any atom is 0.163 e. The lowest BCUT2D eigenvalue weighted by molar-refractivity contribution is 0.922. The smallest absolute Gasteiger partial charge is 0.163 e. The summed E-state index contributed by atoms with van der Waals surface area (Å²) in [4.78, 5) is 23.5. The summed E-state index contributed by atoms with van der Waals surface area (Å²) in [5, 5.41) is 0. The fourth-order valence-corrected chi connectivity index (χ4v) is 2.79. The minimum absolute atomic E-state index is 0.773. The Hall–Kier alpha value is -2.50. The van der Waals surface area contributed by atoms with Crippen LogP contribution in [-0.2, 0) is 0 Å². The Kier molecular flexibility index (Phi) is 2.80. The zero-order chi connectivity index (χ0) is 14.2. The first kappa shape index (κ1) is 12.3. The van der Waals surface area contributed by atoms with Crippen LogP contribution in [0.5, 0.6) is 0 Å². The Morgan fingerprint density at radius 1 is 1.05 bits per heavy atom. The van der Waals surface area contributed by atoms with Gasteiger partial charge in [-0.3, -0.25) is 4.98 Å². The van der Waals surface area contributed by atoms with Crippen LogP contribution < -0.4 is 4.90 Å². The lowest BCUT2D eigenvalue weighted by atomic mass is 10.2. The molecule has 0 aromatic carbocycles. The molecular formula is C15H16N6. The van der Waals surface area contributed by atoms with Gasteiger partial charge in [-0.2, -0.15) is 0 Å². The summed E-state index contributed by atoms with van der Waals surface area (Å²) in [7, 11) is 0. The van der Waals surface area contributed by atoms with Crippen LogP contribution in [-0.4, -0.2) is 38.0 Å². The molecule has 0 bridgehead atoms. The standard InChI is InChI=1S/C15H16N6/c1-10-17-14-12(15(18-10)21-8-2-3-9-21)19-13(20-14)11-4-6-16-7-5-11/h4-7H,2-3,8-9H2,1H3,(H,17,18,19,20). The third kappa shape index (κ3) is 2.12. The summed E-state index contributed by atoms with van der Waals surface area (Å²) in [5.41, 5.74) is 2.67. The molecule has 1 N–H and O–H groups in total. The monoisotopic (exact) mass is 280 g/mol. The predicted molar refractivity (Wildman–Crippen MR) is 81.1 cm³/mol. The number of hydrogen-bond acceptors (Lipinski definition) is 5. The van der Waals surface area contributed by atoms with Crippen LogP contribution in [0.3, 0.4) is 0 Å². The second-order valence-corrected chi connectivity index (χ2v) is 5.31. The lowest BCUT2D eigenvalue weighted by Crippen LogP contribution is -2.20. The molecule has 106 valence electrons. The molecule has 3 aromatic heterocycles. The quantitative estimate of drug-likeness (QED) is 0.780. The fourth-order valence-electron chi connectivity index (χ4n) is 2.79. The van der Waals surface area contributed by atoms with Gasteiger partial charge >= 0.3 is 0 Å². The van der Waals surface area contributed by atoms with E-state index in [9.17, 15) is 0 Å². The number of imidazole rings is 1. The average Bonchev–Trinajstić information content (AvgIpc) is 3.16. The minimum Gasteiger partial charge on any atom is -0.355 e. The molecule has 4 heterocycles. The van der Waals surface area contributed by atoms with E-state index in [0.29, 0.717) is 0 Å². The molecular weight excluding hydrogens is 264 g/mol. The van der Waals surface area contributed by atoms with Crippen molar-refractivity contribution in [3.8, 4) is 11.4 Å². The van der Waals surface area contributed by atoms with E-state index in [1.54, 1.807) is 12.4 Å². The first-order chi connectivity index (χ1) is 10.3. The second-order valence-electron chi connectivity index (χ2n) is 5.31. The summed E-state index contributed by atoms with van der Waals surface area (Å²) in [6.07, 6.45) is 5.96. The highest BCUT2D eigenvalue weighted by Crippen LogP contribution is 2.27. The van der Waals surface area contributed by atoms with Gasteiger partial charge < -0.3 is 9.88 Å². The molecule has 0 atom stereocenters. The molecule has 0 unspecified atom stereocenters. The maximum absolute atomic E-state index is 4.72. The van der Waals surface area contributed by atoms with Crippen molar-refractivity contribution < 1.29 is 0 Å². The Morgan fingerprint density at radius 2 is 1.81 bits per heavy atom. The third-order valence-electron chi connectivity index (χ3n) is 3.80. The van der Waals surface area contributed by atoms with Gasteiger partial charge in [-0.1, -0.05) is 0 Å². The van der Waals surface area contributed by atoms with Crippen molar-refractivity contribution in [2.75, 3.05) is 18.0 Å². The molecule has 0 spiro atoms. The molecule has 0 saturated carbocycles. The van der Waals surface area contributed by atoms with Gasteiger partial charge in [0.2, 0.25) is 0 Å². The zero-order valence-electron chi connectivity index (χ0n) is 11.9. The maximum atomic E-state index is 4.72. The summed E-state index contributed by atoms with van der Waals surface area (Å²) >= 11 is 0. The second kappa shape index (κ2) is 4.80. The normalized spacial score (nSPS) is 15.0. The molecule has 1 aliphatic heterocycles. The molecule has 3 aromatic rings. The van der Waals surface area contributed by atoms with Crippen molar-refractivity contribution >= 4 is 17.0 Å². The highest BCUT2D eigenvalue weighted by atomic mass is 15.2. The van der Waals surface area contributed by atoms with Crippen LogP contribution in [0.15, 0.2) is 24.5 Å². The van der Waals surface area contributed by atoms with Gasteiger partial charge in [0, 0.05) is 31.0 Å². The van der Waals surface area contributed by atoms with E-state index in [2.05, 4.69) is 24.8 Å². The highest BCUT2D eigenvalue weighted by Gasteiger charge is 2.20. The Morgan fingerprint density at radius 3 is 2.57 bits per heavy atom. The van der Waals surface area contributed by atoms with E-state index in [4.69, 9.17) is 4.98 Å². The third-order valence-corrected chi connectivity index (χ3v) is 3.80. The van der Waals surface area contributed by atoms with Crippen molar-refractivity contribution in [1.82, 2.24) is 24.9 Å². The molecule has 6 nitrogen and oxygen atoms in total. The number of fused-ring (bicyclic) bond motifs is 1. The van der Waals surface area contributed by atoms with Gasteiger partial charge in [0.1, 0.15) is 11.6 Å². The fraction of sp³-hybridized carbons (Fsp3) is 0.333. The number of hydrogen-bond donors (Lipinski definition) is 1. The minimum atomic E-state index is 0.773. The van der Waals surface area contributed by atoms with Crippen molar-refractivity contribution in [2.45, 2.75) is 19.8 Å². The average molecular weight is 280 g/mol. The number of H-pyrrole nitrogens is 1. The van der Waals surface area contributed by atoms with E-state index in [1.807, 2.05) is 19.1 Å². The molecule has 1 fully saturated rings. The van der Waals surface area contributed by atoms with Crippen molar-refractivity contribution in [1.29, 1.82) is 0 Å². The number of nitrogens with one attached hydrogen (secondary N) is 1. The van der Waals surface area contributed by atoms with E-state index in [-0.39, 0.29) is 0 Å². The van der Waals surface area contributed by atoms with Gasteiger partial charge in [0.25, 0.3) is 0 Å². The topological polar surface area (TPSA) is 70.6 Å². The molecule has 0 amide bonds. The molecule has 4 rings (SSSR count). The van der Waals surface area contributed by atoms with Crippen LogP contribution in [0.2, 0.25) is 0 Å². The summed E-state index contributed by atoms with van der Waals surface area (Å²) in [6, 6.07) is 3.88. The van der Waals surface area contributed by atoms with Gasteiger partial charge in [0.05, 0.1) is 0 Å². The highest BCUT2D eigenvalue weighted by molar-refractivity contribution is 5.86. The first-order valence-corrected chi connectivity index (χ1v) is 7.21. The Bertz CT molecular complexity index is 773. The predicted octanol–water partition coefficient (Wildman–Crippen LogP) is 2.32. The van der Waals surface area contributed by atoms with E-state index < -0.39 is 0 Å². The van der Waals surface area contributed by atoms with Crippen LogP contribution in [0.25, 0.3) is 22.6 Å². The molecule has 0 aliphatic carbocycles. The van der Waals surface area contributed by atoms with Crippen molar-refractivity contribution in [3.63, 3.8) is 0 Å². The number of aromatic amines is 1. The summed E-state index contributed by atoms with van der Waals surface area (Å²) in [6.45, 7) is 4.01. The first-order valence-electron chi connectivity index (χ1n) is 7.21. The Labute approximate surface area is 122 Å². The van der Waals surface area contributed by atoms with Gasteiger partial charge in [-0.05, 0) is 31.9 Å². The number of nitrogens with zero attached hydrogens (tertiary/aromatic N) is 5. The molecule has 21 heavy (non-hydrogen) atoms. The lowest BCUT2D eigenvalue weighted by Gasteiger charge is -2.16. The number of aromatic nitrogens is 5. The molecule has 0 radical (unpaired) electrons. The number of aryl methyl sites for hydroxylation is 1. The van der Waals surface area contributed by atoms with Crippen LogP contribution in [0, 0.1) is 6.92 Å². The van der Waals surface area contributed by atoms with Gasteiger partial charge in [-0.15, -0.1) is 0 Å². The molecule has 1 saturated heterocycles. The SMILES string of the molecule is Cc1nc(N2CCCC2)c2nc(-c3ccncc3)[nH]c2n1. The molecule has 1 aliphatic rings. The summed E-state index contributed by atoms with van der Waals surface area (Å²) in [5.74, 6) is 2.54. The zero-order valence-corrected chi connectivity index (χ0v) is 11.9. The van der Waals surface area contributed by atoms with Crippen LogP contribution in [0.4, 0.5) is 5.82 Å². The van der Waals surface area contributed by atoms with Crippen LogP contribution >= 0.6 is 0 Å². The molecule has 6 heteroatoms. The van der Waals surface area contributed by atoms with Gasteiger partial charge in [-0.25, -0.2) is 15.0 Å². The van der Waals surface area contributed by atoms with E-state index >= 15 is 0 Å². The summed E-state index contributed by atoms with van der Waals surface area (Å²) < 4.78 is 0. The Balaban J connectivity index is 1.88. The van der Waals surface area contributed by atoms with E-state index in [1.165, 1.54) is 12.8 Å². The number of pyridine rings is 1. The van der Waals surface area contributed by atoms with E-state index in [0.717, 1.165) is 47.3 Å². The number of anilines is 1. The van der Waals surface area contributed by atoms with Crippen molar-refractivity contribution in [3.05, 3.63) is 30.4 Å². The van der Waals surface area contributed by atoms with Crippen LogP contribution in [0.1, 0.15) is 18.7 Å².